The lowest BCUT2D eigenvalue weighted by molar-refractivity contribution is -0.0183. The highest BCUT2D eigenvalue weighted by atomic mass is 16.6. The van der Waals surface area contributed by atoms with Crippen molar-refractivity contribution in [3.63, 3.8) is 0 Å². The molecule has 0 spiro atoms. The molecule has 0 aliphatic rings. The maximum Gasteiger partial charge on any atom is 0.338 e. The number of hydrogen-bond acceptors (Lipinski definition) is 5. The molecule has 0 heterocycles. The van der Waals surface area contributed by atoms with Crippen molar-refractivity contribution in [2.45, 2.75) is 12.2 Å². The minimum absolute atomic E-state index is 0.327. The highest BCUT2D eigenvalue weighted by Crippen LogP contribution is 2.13. The van der Waals surface area contributed by atoms with Crippen LogP contribution in [0.2, 0.25) is 0 Å². The van der Waals surface area contributed by atoms with Gasteiger partial charge in [-0.2, -0.15) is 0 Å². The van der Waals surface area contributed by atoms with E-state index in [9.17, 15) is 9.90 Å². The molecule has 1 unspecified atom stereocenters. The van der Waals surface area contributed by atoms with E-state index in [1.54, 1.807) is 24.3 Å². The predicted molar refractivity (Wildman–Crippen MR) is 65.5 cm³/mol. The van der Waals surface area contributed by atoms with Crippen molar-refractivity contribution in [2.24, 2.45) is 0 Å². The smallest absolute Gasteiger partial charge is 0.338 e. The maximum absolute atomic E-state index is 11.7. The number of benzene rings is 1. The van der Waals surface area contributed by atoms with Crippen molar-refractivity contribution in [2.75, 3.05) is 13.7 Å². The van der Waals surface area contributed by atoms with Gasteiger partial charge < -0.3 is 19.7 Å². The van der Waals surface area contributed by atoms with Gasteiger partial charge in [-0.05, 0) is 30.3 Å². The molecule has 5 heteroatoms. The lowest BCUT2D eigenvalue weighted by atomic mass is 10.2. The van der Waals surface area contributed by atoms with E-state index >= 15 is 0 Å². The zero-order valence-corrected chi connectivity index (χ0v) is 10.1. The highest BCUT2D eigenvalue weighted by molar-refractivity contribution is 5.89. The number of carbonyl (C=O) groups excluding carboxylic acids is 1. The monoisotopic (exact) mass is 252 g/mol. The third kappa shape index (κ3) is 3.58. The van der Waals surface area contributed by atoms with E-state index in [0.717, 1.165) is 0 Å². The van der Waals surface area contributed by atoms with Gasteiger partial charge in [-0.15, -0.1) is 0 Å². The number of methoxy groups -OCH3 is 1. The average Bonchev–Trinajstić information content (AvgIpc) is 2.43. The van der Waals surface area contributed by atoms with Crippen LogP contribution in [0.5, 0.6) is 5.75 Å². The number of ether oxygens (including phenoxy) is 2. The van der Waals surface area contributed by atoms with Crippen LogP contribution in [-0.4, -0.2) is 42.1 Å². The Hall–Kier alpha value is -1.85. The minimum atomic E-state index is -1.18. The molecule has 1 rings (SSSR count). The second-order valence-corrected chi connectivity index (χ2v) is 3.58. The molecule has 0 bridgehead atoms. The summed E-state index contributed by atoms with van der Waals surface area (Å²) in [7, 11) is 1.53. The van der Waals surface area contributed by atoms with Crippen LogP contribution in [0.15, 0.2) is 36.9 Å². The first-order valence-electron chi connectivity index (χ1n) is 5.39. The van der Waals surface area contributed by atoms with Gasteiger partial charge in [-0.3, -0.25) is 0 Å². The third-order valence-corrected chi connectivity index (χ3v) is 2.37. The molecule has 18 heavy (non-hydrogen) atoms. The fourth-order valence-corrected chi connectivity index (χ4v) is 1.31. The lowest BCUT2D eigenvalue weighted by Gasteiger charge is -2.18. The molecule has 2 atom stereocenters. The molecule has 2 N–H and O–H groups in total. The number of carbonyl (C=O) groups is 1. The van der Waals surface area contributed by atoms with Crippen molar-refractivity contribution in [1.29, 1.82) is 0 Å². The van der Waals surface area contributed by atoms with Crippen LogP contribution >= 0.6 is 0 Å². The number of aliphatic hydroxyl groups excluding tert-OH is 2. The minimum Gasteiger partial charge on any atom is -0.497 e. The first-order chi connectivity index (χ1) is 8.62. The first-order valence-corrected chi connectivity index (χ1v) is 5.39. The Balaban J connectivity index is 2.71. The second-order valence-electron chi connectivity index (χ2n) is 3.58. The molecular weight excluding hydrogens is 236 g/mol. The molecule has 1 aromatic rings. The van der Waals surface area contributed by atoms with E-state index in [1.165, 1.54) is 13.2 Å². The average molecular weight is 252 g/mol. The molecule has 98 valence electrons. The largest absolute Gasteiger partial charge is 0.497 e. The van der Waals surface area contributed by atoms with E-state index < -0.39 is 24.8 Å². The molecule has 0 aliphatic carbocycles. The Labute approximate surface area is 105 Å². The number of hydrogen-bond donors (Lipinski definition) is 2. The molecule has 0 saturated carbocycles. The van der Waals surface area contributed by atoms with Gasteiger partial charge in [0.15, 0.2) is 0 Å². The van der Waals surface area contributed by atoms with Crippen LogP contribution in [0.25, 0.3) is 0 Å². The van der Waals surface area contributed by atoms with Gasteiger partial charge in [0.2, 0.25) is 0 Å². The van der Waals surface area contributed by atoms with Crippen LogP contribution in [-0.2, 0) is 4.74 Å². The normalized spacial score (nSPS) is 13.5. The summed E-state index contributed by atoms with van der Waals surface area (Å²) < 4.78 is 9.97. The summed E-state index contributed by atoms with van der Waals surface area (Å²) in [5, 5.41) is 18.2. The zero-order chi connectivity index (χ0) is 13.5. The summed E-state index contributed by atoms with van der Waals surface area (Å²) in [6.45, 7) is 2.93. The number of aliphatic hydroxyl groups is 2. The summed E-state index contributed by atoms with van der Waals surface area (Å²) in [5.74, 6) is 0.0252. The molecule has 0 fully saturated rings. The Morgan fingerprint density at radius 1 is 1.44 bits per heavy atom. The molecule has 1 aromatic carbocycles. The van der Waals surface area contributed by atoms with E-state index in [0.29, 0.717) is 11.3 Å². The Bertz CT molecular complexity index is 398. The van der Waals surface area contributed by atoms with E-state index in [1.807, 2.05) is 0 Å². The number of esters is 1. The summed E-state index contributed by atoms with van der Waals surface area (Å²) in [6.07, 6.45) is -0.850. The first kappa shape index (κ1) is 14.2. The third-order valence-electron chi connectivity index (χ3n) is 2.37. The van der Waals surface area contributed by atoms with Crippen molar-refractivity contribution in [3.8, 4) is 5.75 Å². The fourth-order valence-electron chi connectivity index (χ4n) is 1.31. The van der Waals surface area contributed by atoms with E-state index in [4.69, 9.17) is 14.6 Å². The molecule has 0 aromatic heterocycles. The highest BCUT2D eigenvalue weighted by Gasteiger charge is 2.20. The maximum atomic E-state index is 11.7. The molecule has 0 amide bonds. The van der Waals surface area contributed by atoms with Crippen molar-refractivity contribution >= 4 is 5.97 Å². The quantitative estimate of drug-likeness (QED) is 0.577. The van der Waals surface area contributed by atoms with Gasteiger partial charge in [0.1, 0.15) is 18.0 Å². The topological polar surface area (TPSA) is 76.0 Å². The van der Waals surface area contributed by atoms with Gasteiger partial charge in [-0.1, -0.05) is 6.58 Å². The van der Waals surface area contributed by atoms with Crippen molar-refractivity contribution in [1.82, 2.24) is 0 Å². The van der Waals surface area contributed by atoms with Gasteiger partial charge in [-0.25, -0.2) is 4.79 Å². The SMILES string of the molecule is C=C[C@@H](OC(=O)c1ccc(OC)cc1)C(O)CO. The standard InChI is InChI=1S/C13H16O5/c1-3-12(11(15)8-14)18-13(16)9-4-6-10(17-2)7-5-9/h3-7,11-12,14-15H,1,8H2,2H3/t11?,12-/m1/s1. The van der Waals surface area contributed by atoms with Crippen LogP contribution in [0.1, 0.15) is 10.4 Å². The van der Waals surface area contributed by atoms with Gasteiger partial charge in [0.05, 0.1) is 19.3 Å². The van der Waals surface area contributed by atoms with E-state index in [-0.39, 0.29) is 0 Å². The summed E-state index contributed by atoms with van der Waals surface area (Å²) >= 11 is 0. The van der Waals surface area contributed by atoms with Gasteiger partial charge >= 0.3 is 5.97 Å². The van der Waals surface area contributed by atoms with Gasteiger partial charge in [0, 0.05) is 0 Å². The lowest BCUT2D eigenvalue weighted by Crippen LogP contribution is -2.32. The molecule has 0 aliphatic heterocycles. The van der Waals surface area contributed by atoms with E-state index in [2.05, 4.69) is 6.58 Å². The summed E-state index contributed by atoms with van der Waals surface area (Å²) in [6, 6.07) is 6.35. The second kappa shape index (κ2) is 6.78. The van der Waals surface area contributed by atoms with Crippen molar-refractivity contribution < 1.29 is 24.5 Å². The summed E-state index contributed by atoms with van der Waals surface area (Å²) in [5.41, 5.74) is 0.327. The summed E-state index contributed by atoms with van der Waals surface area (Å²) in [4.78, 5) is 11.7. The molecule has 5 nitrogen and oxygen atoms in total. The van der Waals surface area contributed by atoms with Crippen molar-refractivity contribution in [3.05, 3.63) is 42.5 Å². The van der Waals surface area contributed by atoms with Crippen LogP contribution < -0.4 is 4.74 Å². The zero-order valence-electron chi connectivity index (χ0n) is 10.1. The Kier molecular flexibility index (Phi) is 5.35. The van der Waals surface area contributed by atoms with Crippen LogP contribution in [0.3, 0.4) is 0 Å². The number of rotatable bonds is 6. The van der Waals surface area contributed by atoms with Gasteiger partial charge in [0.25, 0.3) is 0 Å². The van der Waals surface area contributed by atoms with Crippen LogP contribution in [0.4, 0.5) is 0 Å². The predicted octanol–water partition coefficient (Wildman–Crippen LogP) is 0.760. The van der Waals surface area contributed by atoms with Crippen LogP contribution in [0, 0.1) is 0 Å². The molecule has 0 saturated heterocycles. The Morgan fingerprint density at radius 3 is 2.50 bits per heavy atom. The Morgan fingerprint density at radius 2 is 2.06 bits per heavy atom. The molecular formula is C13H16O5. The fraction of sp³-hybridized carbons (Fsp3) is 0.308. The molecule has 0 radical (unpaired) electrons.